The highest BCUT2D eigenvalue weighted by atomic mass is 16.5. The van der Waals surface area contributed by atoms with E-state index in [0.29, 0.717) is 16.9 Å². The maximum atomic E-state index is 12.8. The van der Waals surface area contributed by atoms with Crippen LogP contribution in [0.15, 0.2) is 60.3 Å². The van der Waals surface area contributed by atoms with Crippen molar-refractivity contribution in [1.29, 1.82) is 0 Å². The Morgan fingerprint density at radius 3 is 2.14 bits per heavy atom. The number of carbonyl (C=O) groups excluding carboxylic acids is 2. The highest BCUT2D eigenvalue weighted by molar-refractivity contribution is 6.06. The number of hydrogen-bond donors (Lipinski definition) is 3. The lowest BCUT2D eigenvalue weighted by molar-refractivity contribution is -0.142. The number of carbonyl (C=O) groups is 3. The van der Waals surface area contributed by atoms with E-state index in [1.165, 1.54) is 13.2 Å². The second kappa shape index (κ2) is 10.1. The molecule has 0 aromatic heterocycles. The first-order chi connectivity index (χ1) is 13.8. The molecular weight excluding hydrogens is 372 g/mol. The van der Waals surface area contributed by atoms with Gasteiger partial charge in [-0.1, -0.05) is 44.2 Å². The highest BCUT2D eigenvalue weighted by Crippen LogP contribution is 2.13. The standard InChI is InChI=1S/C22H24N2O5/c1-14(2)19(22(27)28)24-21(26)18(13-15-7-5-4-6-8-15)23-20(25)16-9-11-17(29-3)12-10-16/h4-14,19H,1-3H3,(H,23,25)(H,24,26)(H,27,28)/b18-13-/t19-/m0/s1. The van der Waals surface area contributed by atoms with Gasteiger partial charge < -0.3 is 20.5 Å². The van der Waals surface area contributed by atoms with Gasteiger partial charge in [-0.2, -0.15) is 0 Å². The summed E-state index contributed by atoms with van der Waals surface area (Å²) < 4.78 is 5.07. The van der Waals surface area contributed by atoms with Gasteiger partial charge in [0.25, 0.3) is 11.8 Å². The van der Waals surface area contributed by atoms with Gasteiger partial charge in [0.1, 0.15) is 17.5 Å². The van der Waals surface area contributed by atoms with Crippen molar-refractivity contribution in [3.8, 4) is 5.75 Å². The van der Waals surface area contributed by atoms with Crippen LogP contribution >= 0.6 is 0 Å². The molecule has 152 valence electrons. The Morgan fingerprint density at radius 1 is 1.00 bits per heavy atom. The van der Waals surface area contributed by atoms with Gasteiger partial charge in [0.05, 0.1) is 7.11 Å². The Morgan fingerprint density at radius 2 is 1.62 bits per heavy atom. The molecule has 0 aliphatic carbocycles. The number of methoxy groups -OCH3 is 1. The molecule has 0 heterocycles. The van der Waals surface area contributed by atoms with Crippen LogP contribution < -0.4 is 15.4 Å². The fraction of sp³-hybridized carbons (Fsp3) is 0.227. The van der Waals surface area contributed by atoms with Crippen molar-refractivity contribution in [2.45, 2.75) is 19.9 Å². The van der Waals surface area contributed by atoms with Gasteiger partial charge in [-0.15, -0.1) is 0 Å². The van der Waals surface area contributed by atoms with Crippen LogP contribution in [0.4, 0.5) is 0 Å². The molecular formula is C22H24N2O5. The minimum absolute atomic E-state index is 0.0519. The fourth-order valence-corrected chi connectivity index (χ4v) is 2.54. The van der Waals surface area contributed by atoms with Gasteiger partial charge in [-0.3, -0.25) is 9.59 Å². The summed E-state index contributed by atoms with van der Waals surface area (Å²) in [6.07, 6.45) is 1.50. The van der Waals surface area contributed by atoms with E-state index in [1.807, 2.05) is 6.07 Å². The summed E-state index contributed by atoms with van der Waals surface area (Å²) in [6, 6.07) is 14.3. The average molecular weight is 396 g/mol. The molecule has 2 aromatic rings. The summed E-state index contributed by atoms with van der Waals surface area (Å²) in [5.74, 6) is -2.06. The number of amides is 2. The van der Waals surface area contributed by atoms with Gasteiger partial charge >= 0.3 is 5.97 Å². The van der Waals surface area contributed by atoms with Crippen molar-refractivity contribution in [3.05, 3.63) is 71.4 Å². The Kier molecular flexibility index (Phi) is 7.54. The van der Waals surface area contributed by atoms with Crippen LogP contribution in [-0.4, -0.2) is 36.0 Å². The lowest BCUT2D eigenvalue weighted by Crippen LogP contribution is -2.47. The zero-order valence-corrected chi connectivity index (χ0v) is 16.5. The molecule has 0 aliphatic rings. The third-order valence-corrected chi connectivity index (χ3v) is 4.17. The maximum absolute atomic E-state index is 12.8. The summed E-state index contributed by atoms with van der Waals surface area (Å²) in [7, 11) is 1.52. The van der Waals surface area contributed by atoms with Crippen molar-refractivity contribution in [2.75, 3.05) is 7.11 Å². The fourth-order valence-electron chi connectivity index (χ4n) is 2.54. The number of rotatable bonds is 8. The molecule has 0 spiro atoms. The molecule has 0 radical (unpaired) electrons. The Bertz CT molecular complexity index is 889. The van der Waals surface area contributed by atoms with E-state index in [9.17, 15) is 19.5 Å². The molecule has 7 nitrogen and oxygen atoms in total. The first-order valence-corrected chi connectivity index (χ1v) is 9.07. The van der Waals surface area contributed by atoms with Gasteiger partial charge in [-0.05, 0) is 41.8 Å². The number of nitrogens with one attached hydrogen (secondary N) is 2. The summed E-state index contributed by atoms with van der Waals surface area (Å²) >= 11 is 0. The predicted molar refractivity (Wildman–Crippen MR) is 109 cm³/mol. The van der Waals surface area contributed by atoms with Crippen molar-refractivity contribution in [2.24, 2.45) is 5.92 Å². The van der Waals surface area contributed by atoms with E-state index >= 15 is 0 Å². The van der Waals surface area contributed by atoms with Crippen LogP contribution in [0, 0.1) is 5.92 Å². The first kappa shape index (κ1) is 21.7. The molecule has 0 bridgehead atoms. The molecule has 29 heavy (non-hydrogen) atoms. The number of carboxylic acids is 1. The van der Waals surface area contributed by atoms with E-state index in [1.54, 1.807) is 62.4 Å². The quantitative estimate of drug-likeness (QED) is 0.595. The zero-order valence-electron chi connectivity index (χ0n) is 16.5. The normalized spacial score (nSPS) is 12.2. The van der Waals surface area contributed by atoms with E-state index in [4.69, 9.17) is 4.74 Å². The van der Waals surface area contributed by atoms with Crippen molar-refractivity contribution in [3.63, 3.8) is 0 Å². The van der Waals surface area contributed by atoms with Gasteiger partial charge in [0.15, 0.2) is 0 Å². The smallest absolute Gasteiger partial charge is 0.326 e. The first-order valence-electron chi connectivity index (χ1n) is 9.07. The minimum Gasteiger partial charge on any atom is -0.497 e. The van der Waals surface area contributed by atoms with Crippen molar-refractivity contribution >= 4 is 23.9 Å². The average Bonchev–Trinajstić information content (AvgIpc) is 2.71. The van der Waals surface area contributed by atoms with E-state index in [2.05, 4.69) is 10.6 Å². The van der Waals surface area contributed by atoms with Crippen LogP contribution in [0.1, 0.15) is 29.8 Å². The second-order valence-corrected chi connectivity index (χ2v) is 6.68. The Hall–Kier alpha value is -3.61. The molecule has 1 atom stereocenters. The third kappa shape index (κ3) is 6.21. The third-order valence-electron chi connectivity index (χ3n) is 4.17. The molecule has 0 fully saturated rings. The molecule has 0 aliphatic heterocycles. The number of benzene rings is 2. The van der Waals surface area contributed by atoms with Gasteiger partial charge in [-0.25, -0.2) is 4.79 Å². The number of ether oxygens (including phenoxy) is 1. The van der Waals surface area contributed by atoms with Crippen LogP contribution in [0.3, 0.4) is 0 Å². The summed E-state index contributed by atoms with van der Waals surface area (Å²) in [5, 5.41) is 14.4. The van der Waals surface area contributed by atoms with Crippen LogP contribution in [0.5, 0.6) is 5.75 Å². The van der Waals surface area contributed by atoms with E-state index in [0.717, 1.165) is 0 Å². The summed E-state index contributed by atoms with van der Waals surface area (Å²) in [6.45, 7) is 3.38. The molecule has 0 saturated heterocycles. The summed E-state index contributed by atoms with van der Waals surface area (Å²) in [5.41, 5.74) is 0.962. The largest absolute Gasteiger partial charge is 0.497 e. The Balaban J connectivity index is 2.29. The molecule has 7 heteroatoms. The number of aliphatic carboxylic acids is 1. The van der Waals surface area contributed by atoms with Gasteiger partial charge in [0.2, 0.25) is 0 Å². The lowest BCUT2D eigenvalue weighted by Gasteiger charge is -2.19. The second-order valence-electron chi connectivity index (χ2n) is 6.68. The zero-order chi connectivity index (χ0) is 21.4. The predicted octanol–water partition coefficient (Wildman–Crippen LogP) is 2.69. The monoisotopic (exact) mass is 396 g/mol. The molecule has 0 saturated carbocycles. The van der Waals surface area contributed by atoms with Crippen LogP contribution in [-0.2, 0) is 9.59 Å². The lowest BCUT2D eigenvalue weighted by atomic mass is 10.0. The molecule has 0 unspecified atom stereocenters. The van der Waals surface area contributed by atoms with Crippen molar-refractivity contribution in [1.82, 2.24) is 10.6 Å². The maximum Gasteiger partial charge on any atom is 0.326 e. The SMILES string of the molecule is COc1ccc(C(=O)N/C(=C\c2ccccc2)C(=O)N[C@H](C(=O)O)C(C)C)cc1. The van der Waals surface area contributed by atoms with E-state index in [-0.39, 0.29) is 11.6 Å². The number of carboxylic acid groups (broad SMARTS) is 1. The molecule has 3 N–H and O–H groups in total. The summed E-state index contributed by atoms with van der Waals surface area (Å²) in [4.78, 5) is 36.8. The van der Waals surface area contributed by atoms with Gasteiger partial charge in [0, 0.05) is 5.56 Å². The van der Waals surface area contributed by atoms with E-state index < -0.39 is 23.8 Å². The topological polar surface area (TPSA) is 105 Å². The Labute approximate surface area is 169 Å². The van der Waals surface area contributed by atoms with Crippen LogP contribution in [0.25, 0.3) is 6.08 Å². The highest BCUT2D eigenvalue weighted by Gasteiger charge is 2.25. The molecule has 2 aromatic carbocycles. The minimum atomic E-state index is -1.14. The number of hydrogen-bond acceptors (Lipinski definition) is 4. The molecule has 2 amide bonds. The molecule has 2 rings (SSSR count). The van der Waals surface area contributed by atoms with Crippen molar-refractivity contribution < 1.29 is 24.2 Å². The van der Waals surface area contributed by atoms with Crippen LogP contribution in [0.2, 0.25) is 0 Å².